The first-order valence-corrected chi connectivity index (χ1v) is 23.1. The van der Waals surface area contributed by atoms with Crippen molar-refractivity contribution in [3.63, 3.8) is 0 Å². The van der Waals surface area contributed by atoms with E-state index in [0.717, 1.165) is 80.0 Å². The van der Waals surface area contributed by atoms with Crippen LogP contribution in [0.15, 0.2) is 36.7 Å². The van der Waals surface area contributed by atoms with Gasteiger partial charge in [0.15, 0.2) is 0 Å². The molecule has 2 aromatic heterocycles. The van der Waals surface area contributed by atoms with E-state index in [4.69, 9.17) is 19.4 Å². The van der Waals surface area contributed by atoms with Crippen LogP contribution in [0.1, 0.15) is 126 Å². The molecule has 6 amide bonds. The van der Waals surface area contributed by atoms with Crippen molar-refractivity contribution in [1.29, 1.82) is 0 Å². The number of amides is 6. The normalized spacial score (nSPS) is 24.4. The molecule has 1 aliphatic carbocycles. The van der Waals surface area contributed by atoms with E-state index in [1.165, 1.54) is 5.56 Å². The van der Waals surface area contributed by atoms with Crippen LogP contribution in [0.3, 0.4) is 0 Å². The monoisotopic (exact) mass is 855 g/mol. The fraction of sp³-hybridized carbons (Fsp3) is 0.652. The first-order valence-electron chi connectivity index (χ1n) is 23.1. The number of carbonyl (C=O) groups is 4. The number of likely N-dealkylation sites (tertiary alicyclic amines) is 2. The van der Waals surface area contributed by atoms with Crippen LogP contribution in [0.25, 0.3) is 11.3 Å². The van der Waals surface area contributed by atoms with Crippen molar-refractivity contribution in [3.8, 4) is 11.3 Å². The Hall–Kier alpha value is -4.96. The number of benzene rings is 1. The number of imidazole rings is 2. The van der Waals surface area contributed by atoms with E-state index >= 15 is 0 Å². The maximum Gasteiger partial charge on any atom is 0.318 e. The summed E-state index contributed by atoms with van der Waals surface area (Å²) in [6.07, 6.45) is 11.5. The minimum absolute atomic E-state index is 0.0445. The SMILES string of the molecule is CC(C)[C@H](NC(=O)N1CCOCC1)C(=O)N1CCC[C@H]1c1ncc(-c2ccc(C3CCC(c4cnc([C@@H]5CCCN5C(=O)[C@@H](NC(=O)N5CCOCC5)C(C)C)[nH]4)CC3)cc2)[nH]1. The molecule has 0 unspecified atom stereocenters. The molecule has 5 aliphatic rings. The van der Waals surface area contributed by atoms with Gasteiger partial charge in [-0.1, -0.05) is 52.0 Å². The Balaban J connectivity index is 0.844. The molecule has 0 bridgehead atoms. The number of nitrogens with zero attached hydrogens (tertiary/aromatic N) is 6. The number of hydrogen-bond donors (Lipinski definition) is 4. The van der Waals surface area contributed by atoms with E-state index in [9.17, 15) is 19.2 Å². The summed E-state index contributed by atoms with van der Waals surface area (Å²) in [7, 11) is 0. The van der Waals surface area contributed by atoms with Gasteiger partial charge in [-0.3, -0.25) is 9.59 Å². The molecule has 62 heavy (non-hydrogen) atoms. The van der Waals surface area contributed by atoms with Gasteiger partial charge >= 0.3 is 12.1 Å². The van der Waals surface area contributed by atoms with Crippen molar-refractivity contribution < 1.29 is 28.7 Å². The van der Waals surface area contributed by atoms with Gasteiger partial charge in [0.25, 0.3) is 0 Å². The van der Waals surface area contributed by atoms with Crippen LogP contribution in [0, 0.1) is 11.8 Å². The maximum atomic E-state index is 14.0. The predicted molar refractivity (Wildman–Crippen MR) is 233 cm³/mol. The number of H-pyrrole nitrogens is 2. The van der Waals surface area contributed by atoms with Crippen LogP contribution in [-0.2, 0) is 19.1 Å². The Labute approximate surface area is 365 Å². The molecule has 336 valence electrons. The predicted octanol–water partition coefficient (Wildman–Crippen LogP) is 5.70. The highest BCUT2D eigenvalue weighted by molar-refractivity contribution is 5.88. The summed E-state index contributed by atoms with van der Waals surface area (Å²) in [5.74, 6) is 2.25. The second-order valence-corrected chi connectivity index (χ2v) is 18.5. The minimum Gasteiger partial charge on any atom is -0.378 e. The fourth-order valence-electron chi connectivity index (χ4n) is 10.0. The van der Waals surface area contributed by atoms with Crippen LogP contribution >= 0.6 is 0 Å². The van der Waals surface area contributed by atoms with Gasteiger partial charge in [-0.15, -0.1) is 0 Å². The molecule has 4 saturated heterocycles. The summed E-state index contributed by atoms with van der Waals surface area (Å²) in [6, 6.07) is 6.87. The molecule has 6 heterocycles. The van der Waals surface area contributed by atoms with Gasteiger partial charge in [-0.25, -0.2) is 19.6 Å². The molecular weight excluding hydrogens is 789 g/mol. The molecule has 16 nitrogen and oxygen atoms in total. The van der Waals surface area contributed by atoms with Crippen molar-refractivity contribution >= 4 is 23.9 Å². The fourth-order valence-corrected chi connectivity index (χ4v) is 10.0. The number of hydrogen-bond acceptors (Lipinski definition) is 8. The molecule has 0 radical (unpaired) electrons. The number of rotatable bonds is 11. The third-order valence-corrected chi connectivity index (χ3v) is 13.8. The zero-order valence-electron chi connectivity index (χ0n) is 36.9. The Morgan fingerprint density at radius 1 is 0.613 bits per heavy atom. The highest BCUT2D eigenvalue weighted by Gasteiger charge is 2.40. The van der Waals surface area contributed by atoms with Crippen molar-refractivity contribution in [1.82, 2.24) is 50.2 Å². The van der Waals surface area contributed by atoms with Crippen LogP contribution < -0.4 is 10.6 Å². The number of urea groups is 2. The number of nitrogens with one attached hydrogen (secondary N) is 4. The summed E-state index contributed by atoms with van der Waals surface area (Å²) in [5, 5.41) is 6.06. The summed E-state index contributed by atoms with van der Waals surface area (Å²) in [4.78, 5) is 78.0. The number of ether oxygens (including phenoxy) is 2. The quantitative estimate of drug-likeness (QED) is 0.190. The molecule has 3 aromatic rings. The van der Waals surface area contributed by atoms with E-state index in [-0.39, 0.29) is 47.8 Å². The second kappa shape index (κ2) is 19.6. The van der Waals surface area contributed by atoms with Crippen LogP contribution in [0.4, 0.5) is 9.59 Å². The third-order valence-electron chi connectivity index (χ3n) is 13.8. The van der Waals surface area contributed by atoms with E-state index in [2.05, 4.69) is 44.9 Å². The first kappa shape index (κ1) is 43.7. The van der Waals surface area contributed by atoms with Crippen molar-refractivity contribution in [2.24, 2.45) is 11.8 Å². The smallest absolute Gasteiger partial charge is 0.318 e. The maximum absolute atomic E-state index is 14.0. The van der Waals surface area contributed by atoms with E-state index in [1.54, 1.807) is 9.80 Å². The van der Waals surface area contributed by atoms with Crippen LogP contribution in [-0.4, -0.2) is 141 Å². The van der Waals surface area contributed by atoms with Gasteiger partial charge in [-0.2, -0.15) is 0 Å². The molecule has 5 fully saturated rings. The Morgan fingerprint density at radius 3 is 1.58 bits per heavy atom. The average molecular weight is 855 g/mol. The first-order chi connectivity index (χ1) is 30.0. The number of morpholine rings is 2. The third kappa shape index (κ3) is 9.65. The topological polar surface area (TPSA) is 181 Å². The Morgan fingerprint density at radius 2 is 1.08 bits per heavy atom. The van der Waals surface area contributed by atoms with Gasteiger partial charge in [0.05, 0.1) is 50.4 Å². The molecule has 4 N–H and O–H groups in total. The number of carbonyl (C=O) groups excluding carboxylic acids is 4. The van der Waals surface area contributed by atoms with Crippen molar-refractivity contribution in [2.45, 2.75) is 115 Å². The van der Waals surface area contributed by atoms with Gasteiger partial charge in [0.2, 0.25) is 11.8 Å². The summed E-state index contributed by atoms with van der Waals surface area (Å²) < 4.78 is 10.8. The number of aromatic nitrogens is 4. The van der Waals surface area contributed by atoms with Gasteiger partial charge in [0, 0.05) is 57.1 Å². The summed E-state index contributed by atoms with van der Waals surface area (Å²) in [6.45, 7) is 13.3. The number of aromatic amines is 2. The lowest BCUT2D eigenvalue weighted by atomic mass is 9.77. The largest absolute Gasteiger partial charge is 0.378 e. The van der Waals surface area contributed by atoms with Crippen LogP contribution in [0.5, 0.6) is 0 Å². The summed E-state index contributed by atoms with van der Waals surface area (Å²) >= 11 is 0. The van der Waals surface area contributed by atoms with E-state index in [0.29, 0.717) is 77.5 Å². The molecule has 16 heteroatoms. The van der Waals surface area contributed by atoms with E-state index < -0.39 is 12.1 Å². The molecule has 4 aliphatic heterocycles. The zero-order valence-corrected chi connectivity index (χ0v) is 36.9. The lowest BCUT2D eigenvalue weighted by Crippen LogP contribution is -2.55. The highest BCUT2D eigenvalue weighted by atomic mass is 16.5. The zero-order chi connectivity index (χ0) is 43.3. The second-order valence-electron chi connectivity index (χ2n) is 18.5. The molecule has 0 spiro atoms. The average Bonchev–Trinajstić information content (AvgIpc) is 4.15. The van der Waals surface area contributed by atoms with E-state index in [1.807, 2.05) is 49.9 Å². The highest BCUT2D eigenvalue weighted by Crippen LogP contribution is 2.41. The lowest BCUT2D eigenvalue weighted by molar-refractivity contribution is -0.136. The van der Waals surface area contributed by atoms with Crippen molar-refractivity contribution in [2.75, 3.05) is 65.7 Å². The van der Waals surface area contributed by atoms with Crippen LogP contribution in [0.2, 0.25) is 0 Å². The summed E-state index contributed by atoms with van der Waals surface area (Å²) in [5.41, 5.74) is 4.46. The van der Waals surface area contributed by atoms with Crippen molar-refractivity contribution in [3.05, 3.63) is 59.6 Å². The molecule has 8 rings (SSSR count). The molecule has 4 atom stereocenters. The Kier molecular flexibility index (Phi) is 13.8. The van der Waals surface area contributed by atoms with Gasteiger partial charge in [-0.05, 0) is 80.2 Å². The van der Waals surface area contributed by atoms with Gasteiger partial charge in [0.1, 0.15) is 23.7 Å². The minimum atomic E-state index is -0.619. The molecule has 1 saturated carbocycles. The molecular formula is C46H66N10O6. The molecule has 1 aromatic carbocycles. The standard InChI is InChI=1S/C46H66N10O6/c1-29(2)39(51-45(59)53-19-23-61-24-20-53)43(57)55-17-5-7-37(55)41-47-27-35(49-41)33-13-9-31(10-14-33)32-11-15-34(16-12-32)36-28-48-42(50-36)38-8-6-18-56(38)44(58)40(30(3)4)52-46(60)54-21-25-62-26-22-54/h9-10,13-14,27-30,32,34,37-40H,5-8,11-12,15-26H2,1-4H3,(H,47,49)(H,48,50)(H,51,59)(H,52,60)/t32?,34?,37-,38-,39-,40-/m0/s1. The van der Waals surface area contributed by atoms with Gasteiger partial charge < -0.3 is 49.7 Å². The Bertz CT molecular complexity index is 2000. The lowest BCUT2D eigenvalue weighted by Gasteiger charge is -2.33.